The summed E-state index contributed by atoms with van der Waals surface area (Å²) in [5.74, 6) is -0.583. The van der Waals surface area contributed by atoms with Gasteiger partial charge in [0.2, 0.25) is 11.8 Å². The summed E-state index contributed by atoms with van der Waals surface area (Å²) in [6.45, 7) is 3.25. The third-order valence-electron chi connectivity index (χ3n) is 3.51. The molecule has 0 spiro atoms. The zero-order valence-corrected chi connectivity index (χ0v) is 15.6. The van der Waals surface area contributed by atoms with Gasteiger partial charge in [0.25, 0.3) is 5.91 Å². The molecule has 0 radical (unpaired) electrons. The van der Waals surface area contributed by atoms with Crippen LogP contribution in [0, 0.1) is 0 Å². The van der Waals surface area contributed by atoms with Gasteiger partial charge in [-0.3, -0.25) is 14.4 Å². The molecule has 2 aromatic rings. The smallest absolute Gasteiger partial charge is 0.253 e. The van der Waals surface area contributed by atoms with Crippen LogP contribution in [-0.4, -0.2) is 30.0 Å². The first-order valence-corrected chi connectivity index (χ1v) is 8.95. The molecule has 1 unspecified atom stereocenters. The van der Waals surface area contributed by atoms with Crippen molar-refractivity contribution in [3.63, 3.8) is 0 Å². The van der Waals surface area contributed by atoms with Crippen LogP contribution in [0.3, 0.4) is 0 Å². The maximum atomic E-state index is 12.5. The van der Waals surface area contributed by atoms with E-state index in [0.29, 0.717) is 16.9 Å². The van der Waals surface area contributed by atoms with Crippen LogP contribution >= 0.6 is 11.8 Å². The van der Waals surface area contributed by atoms with Crippen LogP contribution in [0.5, 0.6) is 0 Å². The Hall–Kier alpha value is -2.80. The van der Waals surface area contributed by atoms with Gasteiger partial charge in [0.05, 0.1) is 16.5 Å². The normalized spacial score (nSPS) is 11.3. The van der Waals surface area contributed by atoms with E-state index in [4.69, 9.17) is 0 Å². The summed E-state index contributed by atoms with van der Waals surface area (Å²) in [5, 5.41) is 7.70. The van der Waals surface area contributed by atoms with Crippen LogP contribution in [0.4, 0.5) is 11.4 Å². The number of carbonyl (C=O) groups excluding carboxylic acids is 3. The van der Waals surface area contributed by atoms with Crippen LogP contribution in [-0.2, 0) is 9.59 Å². The van der Waals surface area contributed by atoms with Gasteiger partial charge in [-0.1, -0.05) is 12.1 Å². The molecule has 0 bridgehead atoms. The molecule has 3 amide bonds. The molecule has 1 atom stereocenters. The number of nitrogens with one attached hydrogen (secondary N) is 3. The van der Waals surface area contributed by atoms with E-state index in [1.807, 2.05) is 12.1 Å². The minimum absolute atomic E-state index is 0.132. The predicted molar refractivity (Wildman–Crippen MR) is 105 cm³/mol. The fraction of sp³-hybridized carbons (Fsp3) is 0.211. The lowest BCUT2D eigenvalue weighted by atomic mass is 10.1. The van der Waals surface area contributed by atoms with Gasteiger partial charge in [-0.25, -0.2) is 0 Å². The number of thioether (sulfide) groups is 1. The molecule has 0 aliphatic heterocycles. The van der Waals surface area contributed by atoms with E-state index in [1.54, 1.807) is 50.4 Å². The first-order chi connectivity index (χ1) is 12.4. The third-order valence-corrected chi connectivity index (χ3v) is 4.63. The minimum Gasteiger partial charge on any atom is -0.355 e. The Morgan fingerprint density at radius 2 is 1.62 bits per heavy atom. The zero-order valence-electron chi connectivity index (χ0n) is 14.8. The zero-order chi connectivity index (χ0) is 19.1. The lowest BCUT2D eigenvalue weighted by Crippen LogP contribution is -2.25. The van der Waals surface area contributed by atoms with Crippen molar-refractivity contribution in [1.29, 1.82) is 0 Å². The van der Waals surface area contributed by atoms with Crippen LogP contribution in [0.25, 0.3) is 0 Å². The van der Waals surface area contributed by atoms with Crippen molar-refractivity contribution in [2.45, 2.75) is 24.0 Å². The number of amides is 3. The molecule has 0 fully saturated rings. The Morgan fingerprint density at radius 1 is 0.962 bits per heavy atom. The largest absolute Gasteiger partial charge is 0.355 e. The van der Waals surface area contributed by atoms with E-state index in [-0.39, 0.29) is 23.0 Å². The van der Waals surface area contributed by atoms with E-state index < -0.39 is 0 Å². The van der Waals surface area contributed by atoms with Crippen molar-refractivity contribution < 1.29 is 14.4 Å². The van der Waals surface area contributed by atoms with Crippen molar-refractivity contribution in [2.75, 3.05) is 17.7 Å². The summed E-state index contributed by atoms with van der Waals surface area (Å²) < 4.78 is 0. The first kappa shape index (κ1) is 19.5. The molecule has 7 heteroatoms. The molecular formula is C19H21N3O3S. The first-order valence-electron chi connectivity index (χ1n) is 8.07. The Kier molecular flexibility index (Phi) is 6.80. The van der Waals surface area contributed by atoms with Crippen LogP contribution in [0.1, 0.15) is 24.2 Å². The van der Waals surface area contributed by atoms with Crippen molar-refractivity contribution in [3.05, 3.63) is 54.1 Å². The van der Waals surface area contributed by atoms with Gasteiger partial charge >= 0.3 is 0 Å². The number of rotatable bonds is 6. The topological polar surface area (TPSA) is 87.3 Å². The lowest BCUT2D eigenvalue weighted by Gasteiger charge is -2.14. The van der Waals surface area contributed by atoms with Crippen LogP contribution in [0.15, 0.2) is 53.4 Å². The number of para-hydroxylation sites is 1. The third kappa shape index (κ3) is 5.35. The number of carbonyl (C=O) groups is 3. The molecule has 2 rings (SSSR count). The highest BCUT2D eigenvalue weighted by Crippen LogP contribution is 2.26. The summed E-state index contributed by atoms with van der Waals surface area (Å²) in [7, 11) is 1.55. The second kappa shape index (κ2) is 9.05. The predicted octanol–water partition coefficient (Wildman–Crippen LogP) is 3.12. The van der Waals surface area contributed by atoms with Gasteiger partial charge in [-0.15, -0.1) is 11.8 Å². The second-order valence-corrected chi connectivity index (χ2v) is 6.99. The quantitative estimate of drug-likeness (QED) is 0.681. The van der Waals surface area contributed by atoms with E-state index in [0.717, 1.165) is 4.90 Å². The molecule has 0 aromatic heterocycles. The van der Waals surface area contributed by atoms with E-state index in [2.05, 4.69) is 16.0 Å². The number of hydrogen-bond donors (Lipinski definition) is 3. The molecule has 26 heavy (non-hydrogen) atoms. The molecule has 2 aromatic carbocycles. The Morgan fingerprint density at radius 3 is 2.23 bits per heavy atom. The van der Waals surface area contributed by atoms with Crippen LogP contribution < -0.4 is 16.0 Å². The molecule has 0 heterocycles. The molecule has 0 aliphatic rings. The SMILES string of the molecule is CNC(=O)c1ccccc1NC(=O)C(C)Sc1ccc(NC(C)=O)cc1. The van der Waals surface area contributed by atoms with Crippen molar-refractivity contribution in [3.8, 4) is 0 Å². The Balaban J connectivity index is 2.02. The van der Waals surface area contributed by atoms with Gasteiger partial charge in [0, 0.05) is 24.6 Å². The average Bonchev–Trinajstić information content (AvgIpc) is 2.62. The lowest BCUT2D eigenvalue weighted by molar-refractivity contribution is -0.115. The molecule has 0 aliphatic carbocycles. The molecule has 0 saturated carbocycles. The van der Waals surface area contributed by atoms with E-state index >= 15 is 0 Å². The molecule has 136 valence electrons. The van der Waals surface area contributed by atoms with Gasteiger partial charge in [0.15, 0.2) is 0 Å². The maximum absolute atomic E-state index is 12.5. The molecule has 6 nitrogen and oxygen atoms in total. The molecule has 0 saturated heterocycles. The van der Waals surface area contributed by atoms with E-state index in [9.17, 15) is 14.4 Å². The highest BCUT2D eigenvalue weighted by atomic mass is 32.2. The highest BCUT2D eigenvalue weighted by Gasteiger charge is 2.17. The number of benzene rings is 2. The van der Waals surface area contributed by atoms with Crippen molar-refractivity contribution >= 4 is 40.9 Å². The summed E-state index contributed by atoms with van der Waals surface area (Å²) in [6.07, 6.45) is 0. The minimum atomic E-state index is -0.362. The second-order valence-electron chi connectivity index (χ2n) is 5.58. The molecule has 3 N–H and O–H groups in total. The summed E-state index contributed by atoms with van der Waals surface area (Å²) in [4.78, 5) is 36.3. The highest BCUT2D eigenvalue weighted by molar-refractivity contribution is 8.00. The summed E-state index contributed by atoms with van der Waals surface area (Å²) in [5.41, 5.74) is 1.60. The summed E-state index contributed by atoms with van der Waals surface area (Å²) >= 11 is 1.39. The van der Waals surface area contributed by atoms with Gasteiger partial charge in [0.1, 0.15) is 0 Å². The van der Waals surface area contributed by atoms with Crippen LogP contribution in [0.2, 0.25) is 0 Å². The Bertz CT molecular complexity index is 806. The number of anilines is 2. The van der Waals surface area contributed by atoms with Gasteiger partial charge in [-0.05, 0) is 43.3 Å². The average molecular weight is 371 g/mol. The molecular weight excluding hydrogens is 350 g/mol. The number of hydrogen-bond acceptors (Lipinski definition) is 4. The maximum Gasteiger partial charge on any atom is 0.253 e. The van der Waals surface area contributed by atoms with Gasteiger partial charge in [-0.2, -0.15) is 0 Å². The van der Waals surface area contributed by atoms with Crippen molar-refractivity contribution in [2.24, 2.45) is 0 Å². The summed E-state index contributed by atoms with van der Waals surface area (Å²) in [6, 6.07) is 14.1. The Labute approximate surface area is 156 Å². The standard InChI is InChI=1S/C19H21N3O3S/c1-12(26-15-10-8-14(9-11-15)21-13(2)23)18(24)22-17-7-5-4-6-16(17)19(25)20-3/h4-12H,1-3H3,(H,20,25)(H,21,23)(H,22,24). The van der Waals surface area contributed by atoms with Gasteiger partial charge < -0.3 is 16.0 Å². The fourth-order valence-electron chi connectivity index (χ4n) is 2.24. The van der Waals surface area contributed by atoms with Crippen molar-refractivity contribution in [1.82, 2.24) is 5.32 Å². The fourth-order valence-corrected chi connectivity index (χ4v) is 3.10. The van der Waals surface area contributed by atoms with E-state index in [1.165, 1.54) is 18.7 Å². The monoisotopic (exact) mass is 371 g/mol.